The summed E-state index contributed by atoms with van der Waals surface area (Å²) in [5.41, 5.74) is 7.47. The molecule has 254 valence electrons. The number of hydrogen-bond acceptors (Lipinski definition) is 7. The lowest BCUT2D eigenvalue weighted by Gasteiger charge is -2.31. The molecule has 1 saturated carbocycles. The molecule has 0 aliphatic heterocycles. The first-order valence-corrected chi connectivity index (χ1v) is 17.0. The number of nitrogens with zero attached hydrogens (tertiary/aromatic N) is 8. The van der Waals surface area contributed by atoms with Crippen molar-refractivity contribution in [3.05, 3.63) is 108 Å². The predicted molar refractivity (Wildman–Crippen MR) is 192 cm³/mol. The first-order chi connectivity index (χ1) is 25.4. The zero-order chi connectivity index (χ0) is 35.0. The lowest BCUT2D eigenvalue weighted by Crippen LogP contribution is -2.39. The molecule has 1 aliphatic carbocycles. The van der Waals surface area contributed by atoms with Gasteiger partial charge in [0.15, 0.2) is 22.9 Å². The molecule has 6 heterocycles. The molecule has 0 saturated heterocycles. The minimum absolute atomic E-state index is 0.341. The first-order valence-electron chi connectivity index (χ1n) is 17.0. The van der Waals surface area contributed by atoms with Gasteiger partial charge in [0.05, 0.1) is 0 Å². The summed E-state index contributed by atoms with van der Waals surface area (Å²) in [6.45, 7) is 0. The van der Waals surface area contributed by atoms with Gasteiger partial charge in [0.25, 0.3) is 0 Å². The lowest BCUT2D eigenvalue weighted by molar-refractivity contribution is -0.451. The maximum Gasteiger partial charge on any atom is 0.183 e. The molecule has 11 rings (SSSR count). The van der Waals surface area contributed by atoms with Gasteiger partial charge in [-0.3, -0.25) is 10.2 Å². The Hall–Kier alpha value is -6.57. The number of hydrogen-bond donors (Lipinski definition) is 2. The van der Waals surface area contributed by atoms with Gasteiger partial charge in [-0.05, 0) is 54.4 Å². The van der Waals surface area contributed by atoms with Gasteiger partial charge in [0.2, 0.25) is 0 Å². The Bertz CT molecular complexity index is 3100. The van der Waals surface area contributed by atoms with Gasteiger partial charge in [-0.2, -0.15) is 0 Å². The van der Waals surface area contributed by atoms with Crippen LogP contribution in [0.5, 0.6) is 0 Å². The Morgan fingerprint density at radius 2 is 1.08 bits per heavy atom. The number of fused-ring (bicyclic) bond motifs is 8. The zero-order valence-electron chi connectivity index (χ0n) is 27.8. The molecule has 0 bridgehead atoms. The van der Waals surface area contributed by atoms with E-state index < -0.39 is 29.8 Å². The van der Waals surface area contributed by atoms with Crippen LogP contribution in [0.2, 0.25) is 0 Å². The Morgan fingerprint density at radius 1 is 0.596 bits per heavy atom. The molecule has 13 nitrogen and oxygen atoms in total. The van der Waals surface area contributed by atoms with E-state index >= 15 is 0 Å². The molecule has 6 aromatic heterocycles. The minimum atomic E-state index is -1.79. The highest BCUT2D eigenvalue weighted by molar-refractivity contribution is 6.10. The van der Waals surface area contributed by atoms with Gasteiger partial charge in [0, 0.05) is 98.3 Å². The third-order valence-electron chi connectivity index (χ3n) is 11.2. The van der Waals surface area contributed by atoms with Crippen LogP contribution in [0.4, 0.5) is 0 Å². The van der Waals surface area contributed by atoms with Crippen molar-refractivity contribution in [2.24, 2.45) is 14.1 Å². The summed E-state index contributed by atoms with van der Waals surface area (Å²) in [6.07, 6.45) is -0.164. The monoisotopic (exact) mass is 684 g/mol. The van der Waals surface area contributed by atoms with E-state index in [1.165, 1.54) is 0 Å². The van der Waals surface area contributed by atoms with E-state index in [-0.39, 0.29) is 0 Å². The quantitative estimate of drug-likeness (QED) is 0.283. The van der Waals surface area contributed by atoms with Crippen LogP contribution in [0, 0.1) is 0 Å². The highest BCUT2D eigenvalue weighted by atomic mass is 16.3. The van der Waals surface area contributed by atoms with Crippen LogP contribution < -0.4 is 10.2 Å². The SMILES string of the molecule is Cn1c2ccccc2c2cc(-c3nnc4c(C5C(=O)C([O-])C(c6c[nH]n7c(-c8ccc9c(c8)c8ccccc8n9C)nnc67)C5[O-])c[nH]n34)ccc21. The fraction of sp³-hybridized carbons (Fsp3) is 0.154. The van der Waals surface area contributed by atoms with Gasteiger partial charge in [0.1, 0.15) is 5.78 Å². The molecule has 2 N–H and O–H groups in total. The van der Waals surface area contributed by atoms with Crippen molar-refractivity contribution in [2.45, 2.75) is 24.0 Å². The van der Waals surface area contributed by atoms with E-state index in [0.717, 1.165) is 54.7 Å². The number of carbonyl (C=O) groups excluding carboxylic acids is 1. The van der Waals surface area contributed by atoms with Crippen LogP contribution >= 0.6 is 0 Å². The van der Waals surface area contributed by atoms with E-state index in [1.807, 2.05) is 62.6 Å². The third kappa shape index (κ3) is 3.70. The number of rotatable bonds is 4. The van der Waals surface area contributed by atoms with Gasteiger partial charge in [-0.15, -0.1) is 26.5 Å². The second-order valence-corrected chi connectivity index (χ2v) is 13.7. The molecule has 52 heavy (non-hydrogen) atoms. The molecule has 4 aromatic carbocycles. The standard InChI is InChI=1S/C39H28N10O3/c1-46-27-9-5-3-7-21(27)23-15-19(11-13-29(23)46)36-42-44-38-25(17-40-48(36)38)31-33(50)32(35(52)34(31)51)26-18-41-49-37(43-45-39(26)49)20-12-14-30-24(16-20)22-8-4-6-10-28(22)47(30)2/h3-18,31-34,40-41H,1-2H3/q-2. The zero-order valence-corrected chi connectivity index (χ0v) is 27.8. The number of carbonyl (C=O) groups is 1. The Morgan fingerprint density at radius 3 is 1.63 bits per heavy atom. The van der Waals surface area contributed by atoms with Crippen LogP contribution in [0.25, 0.3) is 77.7 Å². The van der Waals surface area contributed by atoms with Crippen molar-refractivity contribution >= 4 is 60.7 Å². The molecule has 4 unspecified atom stereocenters. The Balaban J connectivity index is 0.951. The summed E-state index contributed by atoms with van der Waals surface area (Å²) in [5, 5.41) is 56.4. The number of benzene rings is 4. The van der Waals surface area contributed by atoms with Crippen molar-refractivity contribution in [1.82, 2.24) is 48.8 Å². The molecule has 0 radical (unpaired) electrons. The molecule has 0 amide bonds. The fourth-order valence-electron chi connectivity index (χ4n) is 8.61. The number of aromatic nitrogens is 10. The van der Waals surface area contributed by atoms with Crippen LogP contribution in [0.3, 0.4) is 0 Å². The summed E-state index contributed by atoms with van der Waals surface area (Å²) in [7, 11) is 4.08. The largest absolute Gasteiger partial charge is 0.851 e. The second-order valence-electron chi connectivity index (χ2n) is 13.7. The highest BCUT2D eigenvalue weighted by Crippen LogP contribution is 2.43. The van der Waals surface area contributed by atoms with Crippen molar-refractivity contribution in [1.29, 1.82) is 0 Å². The average molecular weight is 685 g/mol. The van der Waals surface area contributed by atoms with Crippen LogP contribution in [-0.2, 0) is 18.9 Å². The molecule has 10 aromatic rings. The summed E-state index contributed by atoms with van der Waals surface area (Å²) in [6, 6.07) is 28.6. The fourth-order valence-corrected chi connectivity index (χ4v) is 8.61. The molecular formula is C39H28N10O3-2. The molecule has 1 fully saturated rings. The molecule has 4 atom stereocenters. The van der Waals surface area contributed by atoms with Crippen molar-refractivity contribution in [2.75, 3.05) is 0 Å². The van der Waals surface area contributed by atoms with Crippen LogP contribution in [-0.4, -0.2) is 66.7 Å². The lowest BCUT2D eigenvalue weighted by atomic mass is 9.92. The number of aryl methyl sites for hydroxylation is 2. The van der Waals surface area contributed by atoms with Gasteiger partial charge >= 0.3 is 0 Å². The molecule has 0 spiro atoms. The van der Waals surface area contributed by atoms with Gasteiger partial charge in [-0.25, -0.2) is 9.03 Å². The average Bonchev–Trinajstić information content (AvgIpc) is 4.04. The summed E-state index contributed by atoms with van der Waals surface area (Å²) >= 11 is 0. The summed E-state index contributed by atoms with van der Waals surface area (Å²) < 4.78 is 7.65. The Labute approximate surface area is 293 Å². The number of nitrogens with one attached hydrogen (secondary N) is 2. The first kappa shape index (κ1) is 29.2. The maximum atomic E-state index is 14.2. The molecule has 13 heteroatoms. The predicted octanol–water partition coefficient (Wildman–Crippen LogP) is 3.96. The summed E-state index contributed by atoms with van der Waals surface area (Å²) in [4.78, 5) is 13.7. The van der Waals surface area contributed by atoms with Crippen molar-refractivity contribution in [3.8, 4) is 22.8 Å². The van der Waals surface area contributed by atoms with E-state index in [1.54, 1.807) is 21.4 Å². The maximum absolute atomic E-state index is 14.2. The van der Waals surface area contributed by atoms with Gasteiger partial charge < -0.3 is 24.1 Å². The second kappa shape index (κ2) is 10.2. The summed E-state index contributed by atoms with van der Waals surface area (Å²) in [5.74, 6) is -2.00. The molecule has 1 aliphatic rings. The highest BCUT2D eigenvalue weighted by Gasteiger charge is 2.43. The Kier molecular flexibility index (Phi) is 5.75. The van der Waals surface area contributed by atoms with Crippen molar-refractivity contribution in [3.63, 3.8) is 0 Å². The smallest absolute Gasteiger partial charge is 0.183 e. The number of Topliss-reactive ketones (excluding diaryl/α,β-unsaturated/α-hetero) is 1. The number of aromatic amines is 2. The number of ketones is 1. The van der Waals surface area contributed by atoms with E-state index in [4.69, 9.17) is 0 Å². The van der Waals surface area contributed by atoms with E-state index in [2.05, 4.69) is 76.1 Å². The third-order valence-corrected chi connectivity index (χ3v) is 11.2. The topological polar surface area (TPSA) is 165 Å². The van der Waals surface area contributed by atoms with Crippen LogP contribution in [0.1, 0.15) is 23.0 Å². The van der Waals surface area contributed by atoms with Crippen LogP contribution in [0.15, 0.2) is 97.3 Å². The van der Waals surface area contributed by atoms with Gasteiger partial charge in [-0.1, -0.05) is 42.5 Å². The number of H-pyrrole nitrogens is 2. The van der Waals surface area contributed by atoms with E-state index in [0.29, 0.717) is 34.1 Å². The normalized spacial score (nSPS) is 19.6. The molecular weight excluding hydrogens is 656 g/mol. The van der Waals surface area contributed by atoms with Crippen molar-refractivity contribution < 1.29 is 15.0 Å². The number of para-hydroxylation sites is 2. The van der Waals surface area contributed by atoms with E-state index in [9.17, 15) is 15.0 Å². The minimum Gasteiger partial charge on any atom is -0.851 e.